The van der Waals surface area contributed by atoms with Gasteiger partial charge in [-0.25, -0.2) is 4.98 Å². The maximum Gasteiger partial charge on any atom is 0.392 e. The molecular weight excluding hydrogens is 325 g/mol. The molecule has 6 nitrogen and oxygen atoms in total. The van der Waals surface area contributed by atoms with Crippen molar-refractivity contribution in [2.75, 3.05) is 5.73 Å². The van der Waals surface area contributed by atoms with Crippen LogP contribution in [0.3, 0.4) is 0 Å². The Kier molecular flexibility index (Phi) is 4.46. The Hall–Kier alpha value is -1.64. The number of halogens is 4. The van der Waals surface area contributed by atoms with Gasteiger partial charge >= 0.3 is 11.9 Å². The Bertz CT molecular complexity index is 596. The fourth-order valence-corrected chi connectivity index (χ4v) is 3.31. The normalized spacial score (nSPS) is 25.4. The third-order valence-electron chi connectivity index (χ3n) is 4.12. The van der Waals surface area contributed by atoms with Crippen molar-refractivity contribution in [3.63, 3.8) is 0 Å². The van der Waals surface area contributed by atoms with Gasteiger partial charge in [0.1, 0.15) is 5.69 Å². The van der Waals surface area contributed by atoms with Gasteiger partial charge in [-0.2, -0.15) is 18.2 Å². The first-order valence-corrected chi connectivity index (χ1v) is 7.06. The summed E-state index contributed by atoms with van der Waals surface area (Å²) in [4.78, 5) is 17.6. The van der Waals surface area contributed by atoms with Crippen molar-refractivity contribution in [2.24, 2.45) is 11.8 Å². The van der Waals surface area contributed by atoms with Crippen molar-refractivity contribution in [2.45, 2.75) is 38.3 Å². The summed E-state index contributed by atoms with van der Waals surface area (Å²) in [5.41, 5.74) is 4.83. The topological polar surface area (TPSA) is 94.9 Å². The first kappa shape index (κ1) is 16.7. The minimum Gasteiger partial charge on any atom is -0.378 e. The van der Waals surface area contributed by atoms with Gasteiger partial charge in [-0.1, -0.05) is 13.3 Å². The van der Waals surface area contributed by atoms with Crippen LogP contribution in [0.5, 0.6) is 0 Å². The fraction of sp³-hybridized carbons (Fsp3) is 0.667. The Balaban J connectivity index is 2.43. The average Bonchev–Trinajstić information content (AvgIpc) is 2.80. The van der Waals surface area contributed by atoms with E-state index >= 15 is 0 Å². The number of rotatable bonds is 3. The van der Waals surface area contributed by atoms with Crippen molar-refractivity contribution in [1.29, 1.82) is 0 Å². The average molecular weight is 339 g/mol. The standard InChI is InChI=1S/C12H14ClF3N4O2/c1-2-5-3-6(4-7(5)12(14,15)16)8-9(20(21)22)10(17)19-11(13)18-8/h5-7H,2-4H2,1H3,(H2,17,18,19)/t5?,6?,7-/m1/s1. The molecule has 1 fully saturated rings. The van der Waals surface area contributed by atoms with Crippen molar-refractivity contribution in [3.8, 4) is 0 Å². The molecule has 0 spiro atoms. The van der Waals surface area contributed by atoms with Crippen LogP contribution < -0.4 is 5.73 Å². The highest BCUT2D eigenvalue weighted by Crippen LogP contribution is 2.52. The first-order chi connectivity index (χ1) is 10.1. The lowest BCUT2D eigenvalue weighted by Crippen LogP contribution is -2.25. The second-order valence-electron chi connectivity index (χ2n) is 5.35. The van der Waals surface area contributed by atoms with Crippen LogP contribution in [-0.2, 0) is 0 Å². The molecule has 3 atom stereocenters. The van der Waals surface area contributed by atoms with Gasteiger partial charge in [-0.15, -0.1) is 0 Å². The zero-order valence-corrected chi connectivity index (χ0v) is 12.4. The molecule has 0 saturated heterocycles. The molecule has 0 amide bonds. The van der Waals surface area contributed by atoms with E-state index in [1.54, 1.807) is 6.92 Å². The lowest BCUT2D eigenvalue weighted by Gasteiger charge is -2.20. The van der Waals surface area contributed by atoms with Crippen LogP contribution in [-0.4, -0.2) is 21.1 Å². The van der Waals surface area contributed by atoms with Gasteiger partial charge in [0.05, 0.1) is 10.8 Å². The number of aromatic nitrogens is 2. The monoisotopic (exact) mass is 338 g/mol. The second-order valence-corrected chi connectivity index (χ2v) is 5.69. The second kappa shape index (κ2) is 5.86. The van der Waals surface area contributed by atoms with Crippen LogP contribution in [0.4, 0.5) is 24.7 Å². The predicted octanol–water partition coefficient (Wildman–Crippen LogP) is 3.70. The molecular formula is C12H14ClF3N4O2. The fourth-order valence-electron chi connectivity index (χ4n) is 3.13. The molecule has 10 heteroatoms. The van der Waals surface area contributed by atoms with E-state index in [0.29, 0.717) is 6.42 Å². The number of anilines is 1. The minimum atomic E-state index is -4.34. The van der Waals surface area contributed by atoms with Crippen LogP contribution in [0.2, 0.25) is 5.28 Å². The minimum absolute atomic E-state index is 0.104. The highest BCUT2D eigenvalue weighted by molar-refractivity contribution is 6.28. The third kappa shape index (κ3) is 3.08. The van der Waals surface area contributed by atoms with Gasteiger partial charge in [0.15, 0.2) is 0 Å². The molecule has 1 aliphatic rings. The maximum atomic E-state index is 13.1. The van der Waals surface area contributed by atoms with E-state index < -0.39 is 40.4 Å². The van der Waals surface area contributed by atoms with Gasteiger partial charge in [-0.3, -0.25) is 10.1 Å². The molecule has 0 aliphatic heterocycles. The summed E-state index contributed by atoms with van der Waals surface area (Å²) in [6, 6.07) is 0. The molecule has 122 valence electrons. The largest absolute Gasteiger partial charge is 0.392 e. The molecule has 1 aromatic rings. The zero-order chi connectivity index (χ0) is 16.7. The van der Waals surface area contributed by atoms with Crippen molar-refractivity contribution in [1.82, 2.24) is 9.97 Å². The summed E-state index contributed by atoms with van der Waals surface area (Å²) >= 11 is 5.65. The Morgan fingerprint density at radius 3 is 2.50 bits per heavy atom. The smallest absolute Gasteiger partial charge is 0.378 e. The van der Waals surface area contributed by atoms with Gasteiger partial charge in [0.25, 0.3) is 0 Å². The summed E-state index contributed by atoms with van der Waals surface area (Å²) in [6.45, 7) is 1.67. The lowest BCUT2D eigenvalue weighted by molar-refractivity contribution is -0.385. The van der Waals surface area contributed by atoms with E-state index in [4.69, 9.17) is 17.3 Å². The van der Waals surface area contributed by atoms with E-state index in [-0.39, 0.29) is 23.8 Å². The van der Waals surface area contributed by atoms with Gasteiger partial charge in [-0.05, 0) is 30.4 Å². The zero-order valence-electron chi connectivity index (χ0n) is 11.6. The van der Waals surface area contributed by atoms with Crippen molar-refractivity contribution < 1.29 is 18.1 Å². The molecule has 2 N–H and O–H groups in total. The molecule has 1 saturated carbocycles. The third-order valence-corrected chi connectivity index (χ3v) is 4.29. The molecule has 2 rings (SSSR count). The van der Waals surface area contributed by atoms with E-state index in [1.807, 2.05) is 0 Å². The number of nitrogens with zero attached hydrogens (tertiary/aromatic N) is 3. The summed E-state index contributed by atoms with van der Waals surface area (Å²) < 4.78 is 39.3. The number of alkyl halides is 3. The number of hydrogen-bond donors (Lipinski definition) is 1. The highest BCUT2D eigenvalue weighted by Gasteiger charge is 2.51. The van der Waals surface area contributed by atoms with E-state index in [1.165, 1.54) is 0 Å². The molecule has 0 aromatic carbocycles. The number of hydrogen-bond acceptors (Lipinski definition) is 5. The van der Waals surface area contributed by atoms with E-state index in [9.17, 15) is 23.3 Å². The first-order valence-electron chi connectivity index (χ1n) is 6.69. The van der Waals surface area contributed by atoms with Gasteiger partial charge in [0, 0.05) is 5.92 Å². The maximum absolute atomic E-state index is 13.1. The Morgan fingerprint density at radius 2 is 2.05 bits per heavy atom. The molecule has 2 unspecified atom stereocenters. The van der Waals surface area contributed by atoms with Crippen LogP contribution in [0.15, 0.2) is 0 Å². The number of nitro groups is 1. The van der Waals surface area contributed by atoms with Crippen molar-refractivity contribution >= 4 is 23.1 Å². The highest BCUT2D eigenvalue weighted by atomic mass is 35.5. The molecule has 0 bridgehead atoms. The lowest BCUT2D eigenvalue weighted by atomic mass is 9.93. The quantitative estimate of drug-likeness (QED) is 0.515. The summed E-state index contributed by atoms with van der Waals surface area (Å²) in [5.74, 6) is -3.24. The van der Waals surface area contributed by atoms with E-state index in [0.717, 1.165) is 0 Å². The van der Waals surface area contributed by atoms with Gasteiger partial charge < -0.3 is 5.73 Å². The van der Waals surface area contributed by atoms with Crippen LogP contribution >= 0.6 is 11.6 Å². The number of nitrogens with two attached hydrogens (primary N) is 1. The van der Waals surface area contributed by atoms with Crippen LogP contribution in [0.1, 0.15) is 37.8 Å². The van der Waals surface area contributed by atoms with Crippen molar-refractivity contribution in [3.05, 3.63) is 21.1 Å². The Morgan fingerprint density at radius 1 is 1.41 bits per heavy atom. The molecule has 1 aromatic heterocycles. The molecule has 1 aliphatic carbocycles. The SMILES string of the molecule is CCC1CC(c2nc(Cl)nc(N)c2[N+](=O)[O-])C[C@H]1C(F)(F)F. The predicted molar refractivity (Wildman–Crippen MR) is 73.4 cm³/mol. The van der Waals surface area contributed by atoms with Crippen LogP contribution in [0, 0.1) is 22.0 Å². The number of nitrogen functional groups attached to an aromatic ring is 1. The summed E-state index contributed by atoms with van der Waals surface area (Å²) in [5, 5.41) is 10.8. The molecule has 1 heterocycles. The summed E-state index contributed by atoms with van der Waals surface area (Å²) in [7, 11) is 0. The van der Waals surface area contributed by atoms with Gasteiger partial charge in [0.2, 0.25) is 11.1 Å². The van der Waals surface area contributed by atoms with E-state index in [2.05, 4.69) is 9.97 Å². The van der Waals surface area contributed by atoms with Crippen LogP contribution in [0.25, 0.3) is 0 Å². The molecule has 22 heavy (non-hydrogen) atoms. The Labute approximate surface area is 129 Å². The molecule has 0 radical (unpaired) electrons. The summed E-state index contributed by atoms with van der Waals surface area (Å²) in [6.07, 6.45) is -4.10.